The Hall–Kier alpha value is -2.78. The summed E-state index contributed by atoms with van der Waals surface area (Å²) in [5, 5.41) is 13.4. The van der Waals surface area contributed by atoms with Gasteiger partial charge < -0.3 is 14.8 Å². The summed E-state index contributed by atoms with van der Waals surface area (Å²) in [6, 6.07) is 8.17. The average molecular weight is 420 g/mol. The summed E-state index contributed by atoms with van der Waals surface area (Å²) < 4.78 is 2.63. The summed E-state index contributed by atoms with van der Waals surface area (Å²) in [7, 11) is 6.91. The molecule has 1 aromatic carbocycles. The van der Waals surface area contributed by atoms with Gasteiger partial charge in [0.15, 0.2) is 0 Å². The van der Waals surface area contributed by atoms with Gasteiger partial charge in [-0.2, -0.15) is 0 Å². The first-order chi connectivity index (χ1) is 14.2. The lowest BCUT2D eigenvalue weighted by molar-refractivity contribution is -0.384. The number of rotatable bonds is 9. The second kappa shape index (κ2) is 12.7. The Labute approximate surface area is 177 Å². The topological polar surface area (TPSA) is 102 Å². The van der Waals surface area contributed by atoms with E-state index in [2.05, 4.69) is 17.1 Å². The fraction of sp³-hybridized carbons (Fsp3) is 0.524. The molecule has 30 heavy (non-hydrogen) atoms. The number of nitrogens with one attached hydrogen (secondary N) is 1. The monoisotopic (exact) mass is 419 g/mol. The van der Waals surface area contributed by atoms with Gasteiger partial charge in [0.05, 0.1) is 4.92 Å². The molecule has 0 saturated heterocycles. The van der Waals surface area contributed by atoms with Crippen LogP contribution in [0.3, 0.4) is 0 Å². The molecule has 2 rings (SSSR count). The summed E-state index contributed by atoms with van der Waals surface area (Å²) in [5.41, 5.74) is 1.33. The molecule has 9 nitrogen and oxygen atoms in total. The van der Waals surface area contributed by atoms with Crippen LogP contribution < -0.4 is 16.6 Å². The SMILES string of the molecule is CCN(CCCc1cc(=O)n(C)c(=O)n1C)CCc1ccc([N+](=O)[O-])cc1.CNC. The lowest BCUT2D eigenvalue weighted by Gasteiger charge is -2.20. The number of benzene rings is 1. The molecule has 166 valence electrons. The molecule has 0 atom stereocenters. The van der Waals surface area contributed by atoms with Crippen LogP contribution in [0, 0.1) is 10.1 Å². The molecule has 0 amide bonds. The summed E-state index contributed by atoms with van der Waals surface area (Å²) in [6.07, 6.45) is 2.32. The van der Waals surface area contributed by atoms with E-state index in [0.717, 1.165) is 48.3 Å². The van der Waals surface area contributed by atoms with Crippen molar-refractivity contribution in [2.45, 2.75) is 26.2 Å². The fourth-order valence-electron chi connectivity index (χ4n) is 3.00. The zero-order chi connectivity index (χ0) is 22.7. The molecule has 0 saturated carbocycles. The van der Waals surface area contributed by atoms with Gasteiger partial charge in [-0.1, -0.05) is 19.1 Å². The maximum atomic E-state index is 12.0. The van der Waals surface area contributed by atoms with Gasteiger partial charge in [0.1, 0.15) is 0 Å². The second-order valence-electron chi connectivity index (χ2n) is 7.09. The summed E-state index contributed by atoms with van der Waals surface area (Å²) in [5.74, 6) is 0. The van der Waals surface area contributed by atoms with Crippen molar-refractivity contribution in [1.29, 1.82) is 0 Å². The highest BCUT2D eigenvalue weighted by molar-refractivity contribution is 5.32. The van der Waals surface area contributed by atoms with Crippen LogP contribution in [0.5, 0.6) is 0 Å². The van der Waals surface area contributed by atoms with Crippen molar-refractivity contribution in [3.05, 3.63) is 72.5 Å². The van der Waals surface area contributed by atoms with Gasteiger partial charge in [0, 0.05) is 44.5 Å². The molecule has 0 aliphatic rings. The number of nitro benzene ring substituents is 1. The minimum atomic E-state index is -0.396. The molecule has 0 spiro atoms. The average Bonchev–Trinajstić information content (AvgIpc) is 2.73. The van der Waals surface area contributed by atoms with Crippen molar-refractivity contribution in [2.24, 2.45) is 14.1 Å². The molecule has 0 fully saturated rings. The molecule has 2 aromatic rings. The van der Waals surface area contributed by atoms with Gasteiger partial charge in [-0.15, -0.1) is 0 Å². The van der Waals surface area contributed by atoms with Crippen molar-refractivity contribution in [2.75, 3.05) is 33.7 Å². The lowest BCUT2D eigenvalue weighted by atomic mass is 10.1. The quantitative estimate of drug-likeness (QED) is 0.486. The Balaban J connectivity index is 0.00000141. The molecule has 0 aliphatic carbocycles. The summed E-state index contributed by atoms with van der Waals surface area (Å²) in [6.45, 7) is 4.68. The van der Waals surface area contributed by atoms with E-state index in [4.69, 9.17) is 0 Å². The predicted molar refractivity (Wildman–Crippen MR) is 119 cm³/mol. The first-order valence-electron chi connectivity index (χ1n) is 10.0. The molecule has 1 N–H and O–H groups in total. The zero-order valence-corrected chi connectivity index (χ0v) is 18.6. The van der Waals surface area contributed by atoms with E-state index in [-0.39, 0.29) is 16.9 Å². The number of hydrogen-bond acceptors (Lipinski definition) is 6. The molecule has 1 heterocycles. The highest BCUT2D eigenvalue weighted by atomic mass is 16.6. The molecular formula is C21H33N5O4. The fourth-order valence-corrected chi connectivity index (χ4v) is 3.00. The Kier molecular flexibility index (Phi) is 10.7. The Morgan fingerprint density at radius 1 is 1.03 bits per heavy atom. The molecule has 0 unspecified atom stereocenters. The molecule has 0 aliphatic heterocycles. The number of likely N-dealkylation sites (N-methyl/N-ethyl adjacent to an activating group) is 1. The Morgan fingerprint density at radius 2 is 1.63 bits per heavy atom. The van der Waals surface area contributed by atoms with Crippen molar-refractivity contribution in [3.63, 3.8) is 0 Å². The van der Waals surface area contributed by atoms with Crippen molar-refractivity contribution in [3.8, 4) is 0 Å². The van der Waals surface area contributed by atoms with Gasteiger partial charge >= 0.3 is 5.69 Å². The van der Waals surface area contributed by atoms with Crippen molar-refractivity contribution in [1.82, 2.24) is 19.4 Å². The number of hydrogen-bond donors (Lipinski definition) is 1. The molecule has 0 bridgehead atoms. The Bertz CT molecular complexity index is 918. The van der Waals surface area contributed by atoms with Gasteiger partial charge in [0.25, 0.3) is 11.2 Å². The summed E-state index contributed by atoms with van der Waals surface area (Å²) >= 11 is 0. The van der Waals surface area contributed by atoms with Crippen LogP contribution in [0.15, 0.2) is 39.9 Å². The van der Waals surface area contributed by atoms with Gasteiger partial charge in [-0.25, -0.2) is 4.79 Å². The van der Waals surface area contributed by atoms with Crippen LogP contribution in [-0.2, 0) is 26.9 Å². The van der Waals surface area contributed by atoms with E-state index in [1.807, 2.05) is 14.1 Å². The van der Waals surface area contributed by atoms with Gasteiger partial charge in [0.2, 0.25) is 0 Å². The van der Waals surface area contributed by atoms with Crippen molar-refractivity contribution >= 4 is 5.69 Å². The first kappa shape index (κ1) is 25.3. The predicted octanol–water partition coefficient (Wildman–Crippen LogP) is 1.33. The first-order valence-corrected chi connectivity index (χ1v) is 10.0. The largest absolute Gasteiger partial charge is 0.330 e. The van der Waals surface area contributed by atoms with Crippen LogP contribution in [0.1, 0.15) is 24.6 Å². The highest BCUT2D eigenvalue weighted by Crippen LogP contribution is 2.12. The van der Waals surface area contributed by atoms with Crippen molar-refractivity contribution < 1.29 is 4.92 Å². The van der Waals surface area contributed by atoms with E-state index in [1.54, 1.807) is 19.2 Å². The van der Waals surface area contributed by atoms with E-state index in [9.17, 15) is 19.7 Å². The van der Waals surface area contributed by atoms with Gasteiger partial charge in [-0.3, -0.25) is 19.5 Å². The van der Waals surface area contributed by atoms with Crippen LogP contribution in [-0.4, -0.2) is 52.7 Å². The van der Waals surface area contributed by atoms with Gasteiger partial charge in [-0.05, 0) is 52.0 Å². The Morgan fingerprint density at radius 3 is 2.17 bits per heavy atom. The van der Waals surface area contributed by atoms with E-state index in [1.165, 1.54) is 29.8 Å². The maximum Gasteiger partial charge on any atom is 0.330 e. The lowest BCUT2D eigenvalue weighted by Crippen LogP contribution is -2.38. The minimum absolute atomic E-state index is 0.103. The molecule has 0 radical (unpaired) electrons. The molecule has 9 heteroatoms. The number of nitro groups is 1. The van der Waals surface area contributed by atoms with Crippen LogP contribution >= 0.6 is 0 Å². The maximum absolute atomic E-state index is 12.0. The number of aryl methyl sites for hydroxylation is 1. The smallest absolute Gasteiger partial charge is 0.323 e. The second-order valence-corrected chi connectivity index (χ2v) is 7.09. The molecular weight excluding hydrogens is 386 g/mol. The van der Waals surface area contributed by atoms with E-state index >= 15 is 0 Å². The number of aromatic nitrogens is 2. The third-order valence-electron chi connectivity index (χ3n) is 4.84. The normalized spacial score (nSPS) is 10.6. The van der Waals surface area contributed by atoms with E-state index in [0.29, 0.717) is 6.42 Å². The summed E-state index contributed by atoms with van der Waals surface area (Å²) in [4.78, 5) is 36.3. The molecule has 1 aromatic heterocycles. The number of non-ortho nitro benzene ring substituents is 1. The number of nitrogens with zero attached hydrogens (tertiary/aromatic N) is 4. The standard InChI is InChI=1S/C19H26N4O4.C2H7N/c1-4-22(13-11-15-7-9-16(10-8-15)23(26)27)12-5-6-17-14-18(24)21(3)19(25)20(17)2;1-3-2/h7-10,14H,4-6,11-13H2,1-3H3;3H,1-2H3. The third-order valence-corrected chi connectivity index (χ3v) is 4.84. The highest BCUT2D eigenvalue weighted by Gasteiger charge is 2.09. The van der Waals surface area contributed by atoms with Crippen LogP contribution in [0.25, 0.3) is 0 Å². The third kappa shape index (κ3) is 7.57. The van der Waals surface area contributed by atoms with Crippen LogP contribution in [0.4, 0.5) is 5.69 Å². The minimum Gasteiger partial charge on any atom is -0.323 e. The zero-order valence-electron chi connectivity index (χ0n) is 18.6. The van der Waals surface area contributed by atoms with E-state index < -0.39 is 4.92 Å². The van der Waals surface area contributed by atoms with Crippen LogP contribution in [0.2, 0.25) is 0 Å².